The topological polar surface area (TPSA) is 50.1 Å². The summed E-state index contributed by atoms with van der Waals surface area (Å²) in [5.74, 6) is -0.317. The van der Waals surface area contributed by atoms with Gasteiger partial charge in [-0.05, 0) is 12.1 Å². The van der Waals surface area contributed by atoms with Crippen LogP contribution in [0.25, 0.3) is 0 Å². The molecule has 0 aliphatic heterocycles. The van der Waals surface area contributed by atoms with Crippen molar-refractivity contribution in [3.05, 3.63) is 35.9 Å². The Kier molecular flexibility index (Phi) is 4.65. The molecule has 0 aliphatic rings. The number of nitriles is 1. The zero-order chi connectivity index (χ0) is 11.1. The van der Waals surface area contributed by atoms with Gasteiger partial charge in [0.1, 0.15) is 6.10 Å². The Hall–Kier alpha value is -1.53. The molecule has 0 N–H and O–H groups in total. The van der Waals surface area contributed by atoms with Gasteiger partial charge in [-0.15, -0.1) is 11.6 Å². The molecule has 0 saturated heterocycles. The third-order valence-corrected chi connectivity index (χ3v) is 2.12. The fourth-order valence-corrected chi connectivity index (χ4v) is 1.20. The van der Waals surface area contributed by atoms with Crippen LogP contribution in [0, 0.1) is 11.3 Å². The molecule has 0 bridgehead atoms. The summed E-state index contributed by atoms with van der Waals surface area (Å²) in [6, 6.07) is 10.5. The Balaban J connectivity index is 2.59. The molecule has 0 fully saturated rings. The number of ether oxygens (including phenoxy) is 1. The van der Waals surface area contributed by atoms with Crippen molar-refractivity contribution in [2.24, 2.45) is 0 Å². The summed E-state index contributed by atoms with van der Waals surface area (Å²) in [7, 11) is 0. The van der Waals surface area contributed by atoms with E-state index in [-0.39, 0.29) is 12.3 Å². The Morgan fingerprint density at radius 3 is 2.67 bits per heavy atom. The summed E-state index contributed by atoms with van der Waals surface area (Å²) in [5, 5.41) is 8.45. The molecule has 1 aromatic carbocycles. The highest BCUT2D eigenvalue weighted by atomic mass is 35.5. The van der Waals surface area contributed by atoms with E-state index in [0.29, 0.717) is 5.56 Å². The standard InChI is InChI=1S/C11H10ClNO2/c12-8-10(6-7-13)15-11(14)9-4-2-1-3-5-9/h1-5,10H,6,8H2/t10-/m1/s1. The van der Waals surface area contributed by atoms with E-state index in [9.17, 15) is 4.79 Å². The minimum Gasteiger partial charge on any atom is -0.456 e. The summed E-state index contributed by atoms with van der Waals surface area (Å²) in [6.07, 6.45) is -0.424. The number of rotatable bonds is 4. The van der Waals surface area contributed by atoms with Crippen molar-refractivity contribution < 1.29 is 9.53 Å². The quantitative estimate of drug-likeness (QED) is 0.582. The Morgan fingerprint density at radius 2 is 2.13 bits per heavy atom. The third-order valence-electron chi connectivity index (χ3n) is 1.77. The van der Waals surface area contributed by atoms with E-state index < -0.39 is 12.1 Å². The second kappa shape index (κ2) is 6.05. The van der Waals surface area contributed by atoms with Crippen molar-refractivity contribution >= 4 is 17.6 Å². The van der Waals surface area contributed by atoms with Gasteiger partial charge in [0.05, 0.1) is 23.9 Å². The van der Waals surface area contributed by atoms with E-state index in [4.69, 9.17) is 21.6 Å². The molecule has 78 valence electrons. The van der Waals surface area contributed by atoms with E-state index in [1.807, 2.05) is 12.1 Å². The van der Waals surface area contributed by atoms with Gasteiger partial charge in [0.2, 0.25) is 0 Å². The highest BCUT2D eigenvalue weighted by Gasteiger charge is 2.14. The molecule has 0 radical (unpaired) electrons. The third kappa shape index (κ3) is 3.61. The summed E-state index contributed by atoms with van der Waals surface area (Å²) < 4.78 is 5.03. The molecule has 0 heterocycles. The molecule has 0 unspecified atom stereocenters. The van der Waals surface area contributed by atoms with Crippen LogP contribution in [0.5, 0.6) is 0 Å². The molecule has 0 aromatic heterocycles. The van der Waals surface area contributed by atoms with Gasteiger partial charge in [-0.2, -0.15) is 5.26 Å². The van der Waals surface area contributed by atoms with Gasteiger partial charge in [-0.3, -0.25) is 0 Å². The predicted molar refractivity (Wildman–Crippen MR) is 56.6 cm³/mol. The highest BCUT2D eigenvalue weighted by molar-refractivity contribution is 6.18. The number of esters is 1. The van der Waals surface area contributed by atoms with Crippen LogP contribution in [0.4, 0.5) is 0 Å². The zero-order valence-corrected chi connectivity index (χ0v) is 8.78. The fourth-order valence-electron chi connectivity index (χ4n) is 1.02. The molecule has 1 rings (SSSR count). The zero-order valence-electron chi connectivity index (χ0n) is 8.02. The molecule has 0 amide bonds. The molecule has 1 atom stereocenters. The van der Waals surface area contributed by atoms with Crippen molar-refractivity contribution in [2.45, 2.75) is 12.5 Å². The van der Waals surface area contributed by atoms with E-state index in [1.165, 1.54) is 0 Å². The Morgan fingerprint density at radius 1 is 1.47 bits per heavy atom. The summed E-state index contributed by atoms with van der Waals surface area (Å²) in [5.41, 5.74) is 0.463. The highest BCUT2D eigenvalue weighted by Crippen LogP contribution is 2.07. The molecule has 4 heteroatoms. The van der Waals surface area contributed by atoms with Crippen molar-refractivity contribution in [2.75, 3.05) is 5.88 Å². The Bertz CT molecular complexity index is 359. The first kappa shape index (κ1) is 11.5. The average Bonchev–Trinajstić information content (AvgIpc) is 2.29. The summed E-state index contributed by atoms with van der Waals surface area (Å²) in [4.78, 5) is 11.5. The molecule has 0 spiro atoms. The maximum atomic E-state index is 11.5. The number of carbonyl (C=O) groups excluding carboxylic acids is 1. The van der Waals surface area contributed by atoms with E-state index >= 15 is 0 Å². The number of carbonyl (C=O) groups is 1. The first-order valence-corrected chi connectivity index (χ1v) is 5.00. The van der Waals surface area contributed by atoms with E-state index in [0.717, 1.165) is 0 Å². The van der Waals surface area contributed by atoms with Crippen LogP contribution in [0.1, 0.15) is 16.8 Å². The van der Waals surface area contributed by atoms with Gasteiger partial charge in [-0.1, -0.05) is 18.2 Å². The summed E-state index contributed by atoms with van der Waals surface area (Å²) >= 11 is 5.55. The lowest BCUT2D eigenvalue weighted by molar-refractivity contribution is 0.0357. The van der Waals surface area contributed by atoms with Crippen LogP contribution in [-0.2, 0) is 4.74 Å². The fraction of sp³-hybridized carbons (Fsp3) is 0.273. The van der Waals surface area contributed by atoms with Gasteiger partial charge >= 0.3 is 5.97 Å². The summed E-state index contributed by atoms with van der Waals surface area (Å²) in [6.45, 7) is 0. The van der Waals surface area contributed by atoms with Gasteiger partial charge < -0.3 is 4.74 Å². The number of hydrogen-bond donors (Lipinski definition) is 0. The normalized spacial score (nSPS) is 11.5. The lowest BCUT2D eigenvalue weighted by Gasteiger charge is -2.11. The number of benzene rings is 1. The average molecular weight is 224 g/mol. The number of nitrogens with zero attached hydrogens (tertiary/aromatic N) is 1. The van der Waals surface area contributed by atoms with Gasteiger partial charge in [0.25, 0.3) is 0 Å². The smallest absolute Gasteiger partial charge is 0.338 e. The first-order valence-electron chi connectivity index (χ1n) is 4.47. The maximum absolute atomic E-state index is 11.5. The minimum atomic E-state index is -0.538. The first-order chi connectivity index (χ1) is 7.27. The van der Waals surface area contributed by atoms with Crippen molar-refractivity contribution in [1.82, 2.24) is 0 Å². The lowest BCUT2D eigenvalue weighted by Crippen LogP contribution is -2.19. The maximum Gasteiger partial charge on any atom is 0.338 e. The van der Waals surface area contributed by atoms with E-state index in [2.05, 4.69) is 0 Å². The number of halogens is 1. The molecule has 3 nitrogen and oxygen atoms in total. The van der Waals surface area contributed by atoms with Gasteiger partial charge in [0.15, 0.2) is 0 Å². The molecular formula is C11H10ClNO2. The van der Waals surface area contributed by atoms with Gasteiger partial charge in [0, 0.05) is 0 Å². The molecule has 15 heavy (non-hydrogen) atoms. The van der Waals surface area contributed by atoms with E-state index in [1.54, 1.807) is 24.3 Å². The van der Waals surface area contributed by atoms with Crippen LogP contribution < -0.4 is 0 Å². The molecular weight excluding hydrogens is 214 g/mol. The van der Waals surface area contributed by atoms with Gasteiger partial charge in [-0.25, -0.2) is 4.79 Å². The Labute approximate surface area is 93.2 Å². The molecule has 1 aromatic rings. The lowest BCUT2D eigenvalue weighted by atomic mass is 10.2. The molecule has 0 aliphatic carbocycles. The number of alkyl halides is 1. The van der Waals surface area contributed by atoms with Crippen molar-refractivity contribution in [1.29, 1.82) is 5.26 Å². The SMILES string of the molecule is N#CC[C@H](CCl)OC(=O)c1ccccc1. The second-order valence-corrected chi connectivity index (χ2v) is 3.22. The number of hydrogen-bond acceptors (Lipinski definition) is 3. The second-order valence-electron chi connectivity index (χ2n) is 2.91. The van der Waals surface area contributed by atoms with Crippen molar-refractivity contribution in [3.8, 4) is 6.07 Å². The molecule has 0 saturated carbocycles. The largest absolute Gasteiger partial charge is 0.456 e. The monoisotopic (exact) mass is 223 g/mol. The predicted octanol–water partition coefficient (Wildman–Crippen LogP) is 2.36. The van der Waals surface area contributed by atoms with Crippen LogP contribution in [0.15, 0.2) is 30.3 Å². The van der Waals surface area contributed by atoms with Crippen LogP contribution in [0.2, 0.25) is 0 Å². The minimum absolute atomic E-state index is 0.113. The van der Waals surface area contributed by atoms with Crippen LogP contribution in [-0.4, -0.2) is 18.0 Å². The van der Waals surface area contributed by atoms with Crippen LogP contribution >= 0.6 is 11.6 Å². The van der Waals surface area contributed by atoms with Crippen molar-refractivity contribution in [3.63, 3.8) is 0 Å². The van der Waals surface area contributed by atoms with Crippen LogP contribution in [0.3, 0.4) is 0 Å².